The maximum absolute atomic E-state index is 3.72. The molecule has 76 valence electrons. The summed E-state index contributed by atoms with van der Waals surface area (Å²) in [5, 5.41) is 0. The summed E-state index contributed by atoms with van der Waals surface area (Å²) in [6.07, 6.45) is 1.25. The fourth-order valence-electron chi connectivity index (χ4n) is 1.91. The van der Waals surface area contributed by atoms with E-state index in [0.717, 1.165) is 5.92 Å². The Hall–Kier alpha value is 0.700. The maximum Gasteiger partial charge on any atom is 0.0116 e. The zero-order valence-electron chi connectivity index (χ0n) is 9.04. The minimum absolute atomic E-state index is 0.272. The molecule has 1 rings (SSSR count). The zero-order valence-corrected chi connectivity index (χ0v) is 12.2. The van der Waals surface area contributed by atoms with Crippen LogP contribution in [0.3, 0.4) is 0 Å². The highest BCUT2D eigenvalue weighted by atomic mass is 79.9. The average Bonchev–Trinajstić information content (AvgIpc) is 1.98. The van der Waals surface area contributed by atoms with Crippen molar-refractivity contribution in [2.75, 3.05) is 0 Å². The highest BCUT2D eigenvalue weighted by Crippen LogP contribution is 2.55. The van der Waals surface area contributed by atoms with E-state index in [1.807, 2.05) is 0 Å². The molecular weight excluding hydrogens is 292 g/mol. The van der Waals surface area contributed by atoms with Crippen molar-refractivity contribution in [1.29, 1.82) is 0 Å². The van der Waals surface area contributed by atoms with Crippen LogP contribution in [0.15, 0.2) is 8.96 Å². The molecule has 0 aromatic heterocycles. The molecule has 1 aliphatic rings. The van der Waals surface area contributed by atoms with E-state index in [1.54, 1.807) is 0 Å². The van der Waals surface area contributed by atoms with Crippen LogP contribution in [0.25, 0.3) is 0 Å². The first-order valence-corrected chi connectivity index (χ1v) is 6.34. The predicted octanol–water partition coefficient (Wildman–Crippen LogP) is 5.08. The number of allylic oxidation sites excluding steroid dienone is 2. The molecule has 0 fully saturated rings. The maximum atomic E-state index is 3.72. The Morgan fingerprint density at radius 2 is 1.54 bits per heavy atom. The third kappa shape index (κ3) is 1.90. The normalized spacial score (nSPS) is 32.1. The van der Waals surface area contributed by atoms with Crippen molar-refractivity contribution < 1.29 is 0 Å². The van der Waals surface area contributed by atoms with Crippen LogP contribution in [-0.4, -0.2) is 0 Å². The summed E-state index contributed by atoms with van der Waals surface area (Å²) in [7, 11) is 0. The Kier molecular flexibility index (Phi) is 3.06. The van der Waals surface area contributed by atoms with E-state index in [2.05, 4.69) is 66.5 Å². The fourth-order valence-corrected chi connectivity index (χ4v) is 3.51. The molecular formula is C11H18Br2. The van der Waals surface area contributed by atoms with Crippen LogP contribution >= 0.6 is 31.9 Å². The SMILES string of the molecule is CC1CC(C)(C)C(Br)=C(Br)C1(C)C. The van der Waals surface area contributed by atoms with Crippen LogP contribution in [0.5, 0.6) is 0 Å². The van der Waals surface area contributed by atoms with E-state index >= 15 is 0 Å². The largest absolute Gasteiger partial charge is 0.0616 e. The Labute approximate surface area is 98.4 Å². The molecule has 0 amide bonds. The molecule has 1 atom stereocenters. The van der Waals surface area contributed by atoms with Gasteiger partial charge in [0, 0.05) is 8.96 Å². The summed E-state index contributed by atoms with van der Waals surface area (Å²) < 4.78 is 2.67. The Morgan fingerprint density at radius 1 is 1.08 bits per heavy atom. The van der Waals surface area contributed by atoms with Gasteiger partial charge in [-0.25, -0.2) is 0 Å². The third-order valence-corrected chi connectivity index (χ3v) is 6.82. The lowest BCUT2D eigenvalue weighted by atomic mass is 9.66. The molecule has 0 aliphatic heterocycles. The molecule has 0 N–H and O–H groups in total. The van der Waals surface area contributed by atoms with Gasteiger partial charge in [0.2, 0.25) is 0 Å². The molecule has 1 unspecified atom stereocenters. The first kappa shape index (κ1) is 11.8. The quantitative estimate of drug-likeness (QED) is 0.585. The number of rotatable bonds is 0. The van der Waals surface area contributed by atoms with Crippen LogP contribution in [0.2, 0.25) is 0 Å². The zero-order chi connectivity index (χ0) is 10.4. The predicted molar refractivity (Wildman–Crippen MR) is 66.2 cm³/mol. The average molecular weight is 310 g/mol. The van der Waals surface area contributed by atoms with Crippen molar-refractivity contribution in [2.24, 2.45) is 16.7 Å². The Bertz CT molecular complexity index is 249. The lowest BCUT2D eigenvalue weighted by Gasteiger charge is -2.44. The molecule has 0 nitrogen and oxygen atoms in total. The van der Waals surface area contributed by atoms with Gasteiger partial charge in [-0.05, 0) is 23.2 Å². The summed E-state index contributed by atoms with van der Waals surface area (Å²) in [5.41, 5.74) is 0.558. The van der Waals surface area contributed by atoms with Gasteiger partial charge in [0.25, 0.3) is 0 Å². The molecule has 0 bridgehead atoms. The molecule has 1 aliphatic carbocycles. The van der Waals surface area contributed by atoms with Gasteiger partial charge in [0.05, 0.1) is 0 Å². The van der Waals surface area contributed by atoms with Crippen molar-refractivity contribution in [3.8, 4) is 0 Å². The topological polar surface area (TPSA) is 0 Å². The van der Waals surface area contributed by atoms with E-state index < -0.39 is 0 Å². The summed E-state index contributed by atoms with van der Waals surface area (Å²) in [6.45, 7) is 11.5. The summed E-state index contributed by atoms with van der Waals surface area (Å²) in [6, 6.07) is 0. The number of hydrogen-bond acceptors (Lipinski definition) is 0. The second kappa shape index (κ2) is 3.37. The molecule has 2 heteroatoms. The third-order valence-electron chi connectivity index (χ3n) is 3.40. The number of halogens is 2. The second-order valence-electron chi connectivity index (χ2n) is 5.34. The smallest absolute Gasteiger partial charge is 0.0116 e. The monoisotopic (exact) mass is 308 g/mol. The lowest BCUT2D eigenvalue weighted by molar-refractivity contribution is 0.195. The van der Waals surface area contributed by atoms with E-state index in [9.17, 15) is 0 Å². The summed E-state index contributed by atoms with van der Waals surface area (Å²) in [5.74, 6) is 0.721. The lowest BCUT2D eigenvalue weighted by Crippen LogP contribution is -2.34. The molecule has 0 aromatic rings. The molecule has 0 spiro atoms. The van der Waals surface area contributed by atoms with Gasteiger partial charge in [-0.3, -0.25) is 0 Å². The first-order valence-electron chi connectivity index (χ1n) is 4.76. The van der Waals surface area contributed by atoms with Gasteiger partial charge in [-0.1, -0.05) is 66.5 Å². The second-order valence-corrected chi connectivity index (χ2v) is 6.92. The van der Waals surface area contributed by atoms with Crippen LogP contribution in [0.4, 0.5) is 0 Å². The van der Waals surface area contributed by atoms with Gasteiger partial charge in [-0.15, -0.1) is 0 Å². The highest BCUT2D eigenvalue weighted by Gasteiger charge is 2.41. The van der Waals surface area contributed by atoms with Gasteiger partial charge in [-0.2, -0.15) is 0 Å². The summed E-state index contributed by atoms with van der Waals surface area (Å²) in [4.78, 5) is 0. The van der Waals surface area contributed by atoms with Crippen molar-refractivity contribution >= 4 is 31.9 Å². The van der Waals surface area contributed by atoms with Crippen LogP contribution in [0.1, 0.15) is 41.0 Å². The molecule has 0 aromatic carbocycles. The van der Waals surface area contributed by atoms with Crippen molar-refractivity contribution in [3.63, 3.8) is 0 Å². The van der Waals surface area contributed by atoms with Crippen molar-refractivity contribution in [2.45, 2.75) is 41.0 Å². The molecule has 0 radical (unpaired) electrons. The minimum atomic E-state index is 0.272. The summed E-state index contributed by atoms with van der Waals surface area (Å²) >= 11 is 7.43. The standard InChI is InChI=1S/C11H18Br2/c1-7-6-10(2,3)8(12)9(13)11(7,4)5/h7H,6H2,1-5H3. The Balaban J connectivity index is 3.20. The van der Waals surface area contributed by atoms with Crippen LogP contribution in [0, 0.1) is 16.7 Å². The van der Waals surface area contributed by atoms with Crippen LogP contribution < -0.4 is 0 Å². The van der Waals surface area contributed by atoms with E-state index in [0.29, 0.717) is 0 Å². The van der Waals surface area contributed by atoms with Gasteiger partial charge >= 0.3 is 0 Å². The molecule has 0 saturated carbocycles. The minimum Gasteiger partial charge on any atom is -0.0616 e. The first-order chi connectivity index (χ1) is 5.69. The fraction of sp³-hybridized carbons (Fsp3) is 0.818. The molecule has 13 heavy (non-hydrogen) atoms. The van der Waals surface area contributed by atoms with Crippen molar-refractivity contribution in [1.82, 2.24) is 0 Å². The molecule has 0 heterocycles. The van der Waals surface area contributed by atoms with Crippen molar-refractivity contribution in [3.05, 3.63) is 8.96 Å². The van der Waals surface area contributed by atoms with Crippen LogP contribution in [-0.2, 0) is 0 Å². The molecule has 0 saturated heterocycles. The van der Waals surface area contributed by atoms with Gasteiger partial charge in [0.1, 0.15) is 0 Å². The Morgan fingerprint density at radius 3 is 2.00 bits per heavy atom. The number of hydrogen-bond donors (Lipinski definition) is 0. The van der Waals surface area contributed by atoms with E-state index in [1.165, 1.54) is 15.4 Å². The van der Waals surface area contributed by atoms with E-state index in [4.69, 9.17) is 0 Å². The highest BCUT2D eigenvalue weighted by molar-refractivity contribution is 9.14. The van der Waals surface area contributed by atoms with Gasteiger partial charge < -0.3 is 0 Å². The van der Waals surface area contributed by atoms with Gasteiger partial charge in [0.15, 0.2) is 0 Å². The van der Waals surface area contributed by atoms with E-state index in [-0.39, 0.29) is 10.8 Å².